The van der Waals surface area contributed by atoms with Crippen LogP contribution in [0.1, 0.15) is 27.1 Å². The van der Waals surface area contributed by atoms with Gasteiger partial charge in [0.2, 0.25) is 0 Å². The van der Waals surface area contributed by atoms with Crippen LogP contribution in [0, 0.1) is 0 Å². The van der Waals surface area contributed by atoms with Crippen molar-refractivity contribution in [1.29, 1.82) is 0 Å². The third-order valence-electron chi connectivity index (χ3n) is 4.14. The molecule has 0 saturated heterocycles. The number of aromatic nitrogens is 4. The molecule has 0 fully saturated rings. The molecule has 126 valence electrons. The van der Waals surface area contributed by atoms with Gasteiger partial charge in [-0.3, -0.25) is 19.2 Å². The number of benzene rings is 1. The Morgan fingerprint density at radius 3 is 2.52 bits per heavy atom. The normalized spacial score (nSPS) is 13.7. The molecule has 0 spiro atoms. The lowest BCUT2D eigenvalue weighted by Gasteiger charge is -2.13. The predicted molar refractivity (Wildman–Crippen MR) is 93.5 cm³/mol. The van der Waals surface area contributed by atoms with E-state index in [0.717, 1.165) is 21.8 Å². The van der Waals surface area contributed by atoms with Gasteiger partial charge in [0.25, 0.3) is 11.8 Å². The molecular formula is C17H15N5O2S. The van der Waals surface area contributed by atoms with Gasteiger partial charge >= 0.3 is 0 Å². The molecule has 2 amide bonds. The summed E-state index contributed by atoms with van der Waals surface area (Å²) in [5.74, 6) is 0.332. The van der Waals surface area contributed by atoms with Gasteiger partial charge in [-0.05, 0) is 18.6 Å². The van der Waals surface area contributed by atoms with Crippen LogP contribution in [0.5, 0.6) is 0 Å². The number of amides is 2. The van der Waals surface area contributed by atoms with Crippen molar-refractivity contribution in [3.05, 3.63) is 47.9 Å². The maximum absolute atomic E-state index is 12.3. The van der Waals surface area contributed by atoms with E-state index >= 15 is 0 Å². The number of fused-ring (bicyclic) bond motifs is 2. The largest absolute Gasteiger partial charge is 0.274 e. The van der Waals surface area contributed by atoms with E-state index in [1.165, 1.54) is 11.2 Å². The molecule has 0 unspecified atom stereocenters. The van der Waals surface area contributed by atoms with Crippen molar-refractivity contribution in [3.8, 4) is 0 Å². The van der Waals surface area contributed by atoms with Crippen LogP contribution in [0.4, 0.5) is 0 Å². The summed E-state index contributed by atoms with van der Waals surface area (Å²) in [5, 5.41) is 5.97. The molecular weight excluding hydrogens is 338 g/mol. The zero-order valence-electron chi connectivity index (χ0n) is 13.5. The molecule has 0 aliphatic carbocycles. The Bertz CT molecular complexity index is 949. The van der Waals surface area contributed by atoms with E-state index in [4.69, 9.17) is 0 Å². The molecule has 8 heteroatoms. The van der Waals surface area contributed by atoms with E-state index in [2.05, 4.69) is 15.1 Å². The van der Waals surface area contributed by atoms with E-state index in [1.54, 1.807) is 46.9 Å². The van der Waals surface area contributed by atoms with Crippen LogP contribution in [0.25, 0.3) is 11.0 Å². The highest BCUT2D eigenvalue weighted by atomic mass is 32.2. The number of thioether (sulfide) groups is 1. The minimum absolute atomic E-state index is 0.206. The van der Waals surface area contributed by atoms with Crippen molar-refractivity contribution in [3.63, 3.8) is 0 Å². The van der Waals surface area contributed by atoms with Crippen LogP contribution in [-0.2, 0) is 7.05 Å². The lowest BCUT2D eigenvalue weighted by Crippen LogP contribution is -2.31. The smallest absolute Gasteiger partial charge is 0.261 e. The molecule has 25 heavy (non-hydrogen) atoms. The van der Waals surface area contributed by atoms with E-state index in [1.807, 2.05) is 7.05 Å². The van der Waals surface area contributed by atoms with Gasteiger partial charge in [-0.1, -0.05) is 12.1 Å². The lowest BCUT2D eigenvalue weighted by molar-refractivity contribution is 0.0655. The van der Waals surface area contributed by atoms with Gasteiger partial charge in [0.15, 0.2) is 5.65 Å². The maximum atomic E-state index is 12.3. The summed E-state index contributed by atoms with van der Waals surface area (Å²) in [4.78, 5) is 34.5. The first-order valence-corrected chi connectivity index (χ1v) is 8.86. The summed E-state index contributed by atoms with van der Waals surface area (Å²) in [7, 11) is 1.84. The highest BCUT2D eigenvalue weighted by Gasteiger charge is 2.34. The molecule has 0 radical (unpaired) electrons. The summed E-state index contributed by atoms with van der Waals surface area (Å²) in [5.41, 5.74) is 1.78. The van der Waals surface area contributed by atoms with Crippen LogP contribution in [0.3, 0.4) is 0 Å². The van der Waals surface area contributed by atoms with Crippen molar-refractivity contribution in [1.82, 2.24) is 24.6 Å². The van der Waals surface area contributed by atoms with Crippen molar-refractivity contribution >= 4 is 34.6 Å². The second-order valence-corrected chi connectivity index (χ2v) is 6.78. The molecule has 3 aromatic rings. The summed E-state index contributed by atoms with van der Waals surface area (Å²) < 4.78 is 1.71. The van der Waals surface area contributed by atoms with Crippen LogP contribution in [0.15, 0.2) is 41.8 Å². The van der Waals surface area contributed by atoms with Crippen LogP contribution >= 0.6 is 11.8 Å². The van der Waals surface area contributed by atoms with Gasteiger partial charge in [-0.15, -0.1) is 11.8 Å². The van der Waals surface area contributed by atoms with E-state index in [9.17, 15) is 9.59 Å². The summed E-state index contributed by atoms with van der Waals surface area (Å²) >= 11 is 1.58. The number of imide groups is 1. The van der Waals surface area contributed by atoms with E-state index in [-0.39, 0.29) is 11.8 Å². The first kappa shape index (κ1) is 15.8. The van der Waals surface area contributed by atoms with Crippen LogP contribution in [0.2, 0.25) is 0 Å². The molecule has 4 rings (SSSR count). The Morgan fingerprint density at radius 2 is 1.80 bits per heavy atom. The number of carbonyl (C=O) groups excluding carboxylic acids is 2. The third-order valence-corrected chi connectivity index (χ3v) is 5.23. The Morgan fingerprint density at radius 1 is 1.08 bits per heavy atom. The molecule has 1 aliphatic rings. The molecule has 7 nitrogen and oxygen atoms in total. The number of rotatable bonds is 5. The highest BCUT2D eigenvalue weighted by molar-refractivity contribution is 7.99. The first-order chi connectivity index (χ1) is 12.2. The summed E-state index contributed by atoms with van der Waals surface area (Å²) in [6.07, 6.45) is 3.97. The monoisotopic (exact) mass is 353 g/mol. The number of hydrogen-bond donors (Lipinski definition) is 0. The number of nitrogens with zero attached hydrogens (tertiary/aromatic N) is 5. The molecule has 1 aromatic carbocycles. The average Bonchev–Trinajstić information content (AvgIpc) is 3.13. The first-order valence-electron chi connectivity index (χ1n) is 7.87. The highest BCUT2D eigenvalue weighted by Crippen LogP contribution is 2.26. The quantitative estimate of drug-likeness (QED) is 0.303. The van der Waals surface area contributed by atoms with Gasteiger partial charge in [0, 0.05) is 19.3 Å². The second kappa shape index (κ2) is 6.29. The zero-order chi connectivity index (χ0) is 17.4. The third kappa shape index (κ3) is 2.68. The van der Waals surface area contributed by atoms with Gasteiger partial charge < -0.3 is 0 Å². The summed E-state index contributed by atoms with van der Waals surface area (Å²) in [6, 6.07) is 6.95. The molecule has 3 heterocycles. The Kier molecular flexibility index (Phi) is 3.96. The zero-order valence-corrected chi connectivity index (χ0v) is 14.4. The minimum atomic E-state index is -0.206. The molecule has 0 bridgehead atoms. The van der Waals surface area contributed by atoms with E-state index < -0.39 is 0 Å². The van der Waals surface area contributed by atoms with Crippen LogP contribution < -0.4 is 0 Å². The van der Waals surface area contributed by atoms with Gasteiger partial charge in [-0.25, -0.2) is 9.97 Å². The standard InChI is InChI=1S/C17H15N5O2S/c1-21-14-13(9-20-21)15(19-10-18-14)25-8-4-7-22-16(23)11-5-2-3-6-12(11)17(22)24/h2-3,5-6,9-10H,4,7-8H2,1H3. The Balaban J connectivity index is 1.39. The van der Waals surface area contributed by atoms with Gasteiger partial charge in [0.1, 0.15) is 11.4 Å². The number of carbonyl (C=O) groups is 2. The summed E-state index contributed by atoms with van der Waals surface area (Å²) in [6.45, 7) is 0.403. The molecule has 0 N–H and O–H groups in total. The number of aryl methyl sites for hydroxylation is 1. The fourth-order valence-electron chi connectivity index (χ4n) is 2.89. The fraction of sp³-hybridized carbons (Fsp3) is 0.235. The molecule has 0 saturated carbocycles. The van der Waals surface area contributed by atoms with Gasteiger partial charge in [-0.2, -0.15) is 5.10 Å². The van der Waals surface area contributed by atoms with E-state index in [0.29, 0.717) is 24.1 Å². The molecule has 0 atom stereocenters. The van der Waals surface area contributed by atoms with Gasteiger partial charge in [0.05, 0.1) is 22.7 Å². The van der Waals surface area contributed by atoms with Crippen LogP contribution in [-0.4, -0.2) is 48.8 Å². The Hall–Kier alpha value is -2.74. The topological polar surface area (TPSA) is 81.0 Å². The van der Waals surface area contributed by atoms with Crippen molar-refractivity contribution in [2.24, 2.45) is 7.05 Å². The van der Waals surface area contributed by atoms with Crippen molar-refractivity contribution < 1.29 is 9.59 Å². The average molecular weight is 353 g/mol. The fourth-order valence-corrected chi connectivity index (χ4v) is 3.78. The Labute approximate surface area is 148 Å². The second-order valence-electron chi connectivity index (χ2n) is 5.69. The van der Waals surface area contributed by atoms with Crippen molar-refractivity contribution in [2.45, 2.75) is 11.4 Å². The maximum Gasteiger partial charge on any atom is 0.261 e. The van der Waals surface area contributed by atoms with Crippen molar-refractivity contribution in [2.75, 3.05) is 12.3 Å². The molecule has 2 aromatic heterocycles. The predicted octanol–water partition coefficient (Wildman–Crippen LogP) is 2.14. The molecule has 1 aliphatic heterocycles. The SMILES string of the molecule is Cn1ncc2c(SCCCN3C(=O)c4ccccc4C3=O)ncnc21. The lowest BCUT2D eigenvalue weighted by atomic mass is 10.1. The number of hydrogen-bond acceptors (Lipinski definition) is 6. The minimum Gasteiger partial charge on any atom is -0.274 e.